The maximum atomic E-state index is 12.4. The van der Waals surface area contributed by atoms with Gasteiger partial charge < -0.3 is 20.5 Å². The van der Waals surface area contributed by atoms with Gasteiger partial charge in [-0.3, -0.25) is 9.59 Å². The van der Waals surface area contributed by atoms with Crippen LogP contribution in [0.4, 0.5) is 4.79 Å². The van der Waals surface area contributed by atoms with Crippen LogP contribution in [0, 0.1) is 11.8 Å². The summed E-state index contributed by atoms with van der Waals surface area (Å²) in [5, 5.41) is 14.6. The first kappa shape index (κ1) is 24.2. The number of carbonyl (C=O) groups is 3. The third-order valence-electron chi connectivity index (χ3n) is 3.45. The molecule has 2 atom stereocenters. The molecule has 0 aliphatic rings. The Morgan fingerprint density at radius 3 is 1.73 bits per heavy atom. The summed E-state index contributed by atoms with van der Waals surface area (Å²) in [6, 6.07) is -0.782. The van der Waals surface area contributed by atoms with Crippen LogP contribution in [0.2, 0.25) is 0 Å². The summed E-state index contributed by atoms with van der Waals surface area (Å²) < 4.78 is 5.26. The van der Waals surface area contributed by atoms with Gasteiger partial charge in [0.25, 0.3) is 0 Å². The number of hydrogen-bond acceptors (Lipinski definition) is 4. The molecule has 0 saturated heterocycles. The molecule has 26 heavy (non-hydrogen) atoms. The number of carbonyl (C=O) groups excluding carboxylic acids is 2. The van der Waals surface area contributed by atoms with E-state index in [1.54, 1.807) is 20.8 Å². The molecule has 0 spiro atoms. The van der Waals surface area contributed by atoms with Crippen LogP contribution >= 0.6 is 0 Å². The van der Waals surface area contributed by atoms with Crippen LogP contribution in [0.15, 0.2) is 0 Å². The molecule has 0 saturated carbocycles. The van der Waals surface area contributed by atoms with Crippen LogP contribution in [-0.4, -0.2) is 40.8 Å². The number of carboxylic acid groups (broad SMARTS) is 1. The molecule has 7 heteroatoms. The highest BCUT2D eigenvalue weighted by Gasteiger charge is 2.24. The topological polar surface area (TPSA) is 105 Å². The molecule has 0 aliphatic carbocycles. The van der Waals surface area contributed by atoms with Gasteiger partial charge in [0.15, 0.2) is 0 Å². The summed E-state index contributed by atoms with van der Waals surface area (Å²) in [6.07, 6.45) is 0.636. The third-order valence-corrected chi connectivity index (χ3v) is 3.45. The van der Waals surface area contributed by atoms with Gasteiger partial charge in [0, 0.05) is 18.5 Å². The monoisotopic (exact) mass is 372 g/mol. The molecular formula is C19H36N2O5. The SMILES string of the molecule is CC(C)C[C@@H](CC(=O)O)NC(=O)C[C@H](CC(C)C)NC(=O)OC(C)(C)C. The Morgan fingerprint density at radius 1 is 0.885 bits per heavy atom. The van der Waals surface area contributed by atoms with Crippen molar-refractivity contribution in [2.45, 2.75) is 91.8 Å². The van der Waals surface area contributed by atoms with E-state index < -0.39 is 23.7 Å². The summed E-state index contributed by atoms with van der Waals surface area (Å²) in [5.41, 5.74) is -0.613. The zero-order valence-electron chi connectivity index (χ0n) is 17.2. The van der Waals surface area contributed by atoms with E-state index in [0.717, 1.165) is 0 Å². The fourth-order valence-corrected chi connectivity index (χ4v) is 2.72. The third kappa shape index (κ3) is 13.5. The number of rotatable bonds is 10. The second-order valence-electron chi connectivity index (χ2n) is 8.67. The molecule has 0 unspecified atom stereocenters. The van der Waals surface area contributed by atoms with Gasteiger partial charge >= 0.3 is 12.1 Å². The second kappa shape index (κ2) is 11.0. The lowest BCUT2D eigenvalue weighted by molar-refractivity contribution is -0.137. The van der Waals surface area contributed by atoms with Crippen LogP contribution in [0.3, 0.4) is 0 Å². The lowest BCUT2D eigenvalue weighted by Gasteiger charge is -2.25. The van der Waals surface area contributed by atoms with Crippen molar-refractivity contribution in [3.8, 4) is 0 Å². The molecule has 0 aromatic heterocycles. The molecule has 3 N–H and O–H groups in total. The predicted molar refractivity (Wildman–Crippen MR) is 101 cm³/mol. The molecule has 0 rings (SSSR count). The molecule has 0 bridgehead atoms. The number of nitrogens with one attached hydrogen (secondary N) is 2. The normalized spacial score (nSPS) is 14.0. The number of hydrogen-bond donors (Lipinski definition) is 3. The van der Waals surface area contributed by atoms with E-state index in [1.807, 2.05) is 27.7 Å². The lowest BCUT2D eigenvalue weighted by Crippen LogP contribution is -2.44. The molecular weight excluding hydrogens is 336 g/mol. The average molecular weight is 373 g/mol. The van der Waals surface area contributed by atoms with Crippen LogP contribution in [0.1, 0.15) is 74.1 Å². The van der Waals surface area contributed by atoms with Crippen molar-refractivity contribution in [3.05, 3.63) is 0 Å². The van der Waals surface area contributed by atoms with Gasteiger partial charge in [0.1, 0.15) is 5.60 Å². The maximum Gasteiger partial charge on any atom is 0.407 e. The van der Waals surface area contributed by atoms with Gasteiger partial charge in [0.2, 0.25) is 5.91 Å². The van der Waals surface area contributed by atoms with Gasteiger partial charge in [0.05, 0.1) is 6.42 Å². The van der Waals surface area contributed by atoms with Crippen molar-refractivity contribution in [2.75, 3.05) is 0 Å². The molecule has 0 heterocycles. The number of carboxylic acids is 1. The first-order chi connectivity index (χ1) is 11.8. The predicted octanol–water partition coefficient (Wildman–Crippen LogP) is 3.32. The van der Waals surface area contributed by atoms with Crippen LogP contribution < -0.4 is 10.6 Å². The van der Waals surface area contributed by atoms with E-state index in [0.29, 0.717) is 12.8 Å². The van der Waals surface area contributed by atoms with Gasteiger partial charge in [-0.25, -0.2) is 4.79 Å². The minimum Gasteiger partial charge on any atom is -0.481 e. The summed E-state index contributed by atoms with van der Waals surface area (Å²) in [7, 11) is 0. The summed E-state index contributed by atoms with van der Waals surface area (Å²) in [5.74, 6) is -0.653. The summed E-state index contributed by atoms with van der Waals surface area (Å²) in [6.45, 7) is 13.3. The van der Waals surface area contributed by atoms with Gasteiger partial charge in [-0.1, -0.05) is 27.7 Å². The molecule has 2 amide bonds. The molecule has 152 valence electrons. The van der Waals surface area contributed by atoms with Crippen molar-refractivity contribution in [2.24, 2.45) is 11.8 Å². The average Bonchev–Trinajstić information content (AvgIpc) is 2.32. The van der Waals surface area contributed by atoms with Crippen LogP contribution in [-0.2, 0) is 14.3 Å². The van der Waals surface area contributed by atoms with Gasteiger partial charge in [-0.2, -0.15) is 0 Å². The molecule has 0 aromatic rings. The van der Waals surface area contributed by atoms with E-state index in [4.69, 9.17) is 9.84 Å². The van der Waals surface area contributed by atoms with E-state index in [-0.39, 0.29) is 36.6 Å². The highest BCUT2D eigenvalue weighted by molar-refractivity contribution is 5.79. The summed E-state index contributed by atoms with van der Waals surface area (Å²) in [4.78, 5) is 35.4. The van der Waals surface area contributed by atoms with Gasteiger partial charge in [-0.15, -0.1) is 0 Å². The fraction of sp³-hybridized carbons (Fsp3) is 0.842. The van der Waals surface area contributed by atoms with Crippen molar-refractivity contribution in [1.29, 1.82) is 0 Å². The molecule has 0 fully saturated rings. The van der Waals surface area contributed by atoms with E-state index in [9.17, 15) is 14.4 Å². The standard InChI is InChI=1S/C19H36N2O5/c1-12(2)8-14(21-18(25)26-19(5,6)7)10-16(22)20-15(9-13(3)4)11-17(23)24/h12-15H,8-11H2,1-7H3,(H,20,22)(H,21,25)(H,23,24)/t14-,15-/m0/s1. The highest BCUT2D eigenvalue weighted by atomic mass is 16.6. The fourth-order valence-electron chi connectivity index (χ4n) is 2.72. The van der Waals surface area contributed by atoms with E-state index in [1.165, 1.54) is 0 Å². The molecule has 0 aliphatic heterocycles. The Labute approximate surface area is 157 Å². The van der Waals surface area contributed by atoms with Crippen molar-refractivity contribution >= 4 is 18.0 Å². The van der Waals surface area contributed by atoms with E-state index in [2.05, 4.69) is 10.6 Å². The number of amides is 2. The second-order valence-corrected chi connectivity index (χ2v) is 8.67. The summed E-state index contributed by atoms with van der Waals surface area (Å²) >= 11 is 0. The Hall–Kier alpha value is -1.79. The Balaban J connectivity index is 4.83. The molecule has 0 radical (unpaired) electrons. The minimum atomic E-state index is -0.943. The first-order valence-electron chi connectivity index (χ1n) is 9.29. The van der Waals surface area contributed by atoms with Crippen LogP contribution in [0.5, 0.6) is 0 Å². The van der Waals surface area contributed by atoms with Crippen molar-refractivity contribution in [3.63, 3.8) is 0 Å². The van der Waals surface area contributed by atoms with Gasteiger partial charge in [-0.05, 0) is 45.4 Å². The largest absolute Gasteiger partial charge is 0.481 e. The van der Waals surface area contributed by atoms with Crippen molar-refractivity contribution in [1.82, 2.24) is 10.6 Å². The lowest BCUT2D eigenvalue weighted by atomic mass is 9.99. The molecule has 7 nitrogen and oxygen atoms in total. The van der Waals surface area contributed by atoms with Crippen molar-refractivity contribution < 1.29 is 24.2 Å². The Bertz CT molecular complexity index is 469. The van der Waals surface area contributed by atoms with Crippen LogP contribution in [0.25, 0.3) is 0 Å². The smallest absolute Gasteiger partial charge is 0.407 e. The Kier molecular flexibility index (Phi) is 10.3. The van der Waals surface area contributed by atoms with E-state index >= 15 is 0 Å². The number of aliphatic carboxylic acids is 1. The number of alkyl carbamates (subject to hydrolysis) is 1. The Morgan fingerprint density at radius 2 is 1.35 bits per heavy atom. The first-order valence-corrected chi connectivity index (χ1v) is 9.29. The zero-order chi connectivity index (χ0) is 20.5. The maximum absolute atomic E-state index is 12.4. The quantitative estimate of drug-likeness (QED) is 0.545. The highest BCUT2D eigenvalue weighted by Crippen LogP contribution is 2.13. The molecule has 0 aromatic carbocycles. The number of ether oxygens (including phenoxy) is 1. The minimum absolute atomic E-state index is 0.0889. The zero-order valence-corrected chi connectivity index (χ0v) is 17.2.